The Labute approximate surface area is 146 Å². The third kappa shape index (κ3) is 3.75. The molecule has 1 saturated carbocycles. The van der Waals surface area contributed by atoms with Crippen molar-refractivity contribution in [2.45, 2.75) is 51.6 Å². The van der Waals surface area contributed by atoms with E-state index in [1.807, 2.05) is 12.3 Å². The first-order valence-corrected chi connectivity index (χ1v) is 9.71. The number of rotatable bonds is 5. The normalized spacial score (nSPS) is 19.7. The first-order valence-electron chi connectivity index (χ1n) is 8.89. The fourth-order valence-electron chi connectivity index (χ4n) is 3.46. The average molecular weight is 344 g/mol. The highest BCUT2D eigenvalue weighted by Gasteiger charge is 2.26. The molecule has 4 rings (SSSR count). The molecule has 3 heterocycles. The van der Waals surface area contributed by atoms with Gasteiger partial charge in [-0.05, 0) is 57.7 Å². The molecule has 0 N–H and O–H groups in total. The van der Waals surface area contributed by atoms with Crippen LogP contribution in [0.15, 0.2) is 23.1 Å². The third-order valence-electron chi connectivity index (χ3n) is 5.07. The molecule has 2 aromatic rings. The quantitative estimate of drug-likeness (QED) is 0.837. The van der Waals surface area contributed by atoms with Crippen molar-refractivity contribution in [1.82, 2.24) is 19.7 Å². The van der Waals surface area contributed by atoms with Crippen LogP contribution in [0, 0.1) is 12.8 Å². The summed E-state index contributed by atoms with van der Waals surface area (Å²) in [6.45, 7) is 6.03. The second-order valence-corrected chi connectivity index (χ2v) is 8.44. The standard InChI is InChI=1S/C18H24N4OS/c1-13-19-10-16(24-13)12-21-8-6-14(7-9-21)11-22-18(23)5-4-17(20-22)15-2-3-15/h4-5,10,14-15H,2-3,6-9,11-12H2,1H3. The van der Waals surface area contributed by atoms with Crippen LogP contribution in [0.25, 0.3) is 0 Å². The Morgan fingerprint density at radius 3 is 2.67 bits per heavy atom. The number of aryl methyl sites for hydroxylation is 1. The molecular formula is C18H24N4OS. The lowest BCUT2D eigenvalue weighted by atomic mass is 9.97. The van der Waals surface area contributed by atoms with Gasteiger partial charge in [-0.1, -0.05) is 0 Å². The van der Waals surface area contributed by atoms with Crippen LogP contribution in [0.4, 0.5) is 0 Å². The van der Waals surface area contributed by atoms with Gasteiger partial charge in [-0.15, -0.1) is 11.3 Å². The van der Waals surface area contributed by atoms with Gasteiger partial charge in [-0.3, -0.25) is 9.69 Å². The van der Waals surface area contributed by atoms with Gasteiger partial charge >= 0.3 is 0 Å². The molecule has 1 aliphatic heterocycles. The smallest absolute Gasteiger partial charge is 0.266 e. The van der Waals surface area contributed by atoms with E-state index < -0.39 is 0 Å². The average Bonchev–Trinajstić information content (AvgIpc) is 3.35. The SMILES string of the molecule is Cc1ncc(CN2CCC(Cn3nc(C4CC4)ccc3=O)CC2)s1. The van der Waals surface area contributed by atoms with Crippen molar-refractivity contribution < 1.29 is 0 Å². The van der Waals surface area contributed by atoms with Crippen molar-refractivity contribution in [1.29, 1.82) is 0 Å². The van der Waals surface area contributed by atoms with Crippen molar-refractivity contribution in [3.05, 3.63) is 44.3 Å². The Balaban J connectivity index is 1.33. The van der Waals surface area contributed by atoms with E-state index in [2.05, 4.69) is 21.9 Å². The highest BCUT2D eigenvalue weighted by Crippen LogP contribution is 2.38. The monoisotopic (exact) mass is 344 g/mol. The van der Waals surface area contributed by atoms with E-state index in [-0.39, 0.29) is 5.56 Å². The number of nitrogens with zero attached hydrogens (tertiary/aromatic N) is 4. The molecule has 5 nitrogen and oxygen atoms in total. The van der Waals surface area contributed by atoms with Crippen LogP contribution in [-0.4, -0.2) is 32.8 Å². The van der Waals surface area contributed by atoms with Crippen molar-refractivity contribution in [2.24, 2.45) is 5.92 Å². The second kappa shape index (κ2) is 6.76. The topological polar surface area (TPSA) is 51.0 Å². The van der Waals surface area contributed by atoms with Gasteiger partial charge in [0.25, 0.3) is 5.56 Å². The zero-order valence-corrected chi connectivity index (χ0v) is 15.0. The Kier molecular flexibility index (Phi) is 4.50. The van der Waals surface area contributed by atoms with Crippen LogP contribution in [0.2, 0.25) is 0 Å². The Hall–Kier alpha value is -1.53. The van der Waals surface area contributed by atoms with E-state index in [0.717, 1.165) is 49.7 Å². The maximum absolute atomic E-state index is 12.1. The highest BCUT2D eigenvalue weighted by molar-refractivity contribution is 7.11. The summed E-state index contributed by atoms with van der Waals surface area (Å²) in [6, 6.07) is 3.61. The van der Waals surface area contributed by atoms with Crippen LogP contribution in [0.1, 0.15) is 47.2 Å². The molecule has 1 saturated heterocycles. The van der Waals surface area contributed by atoms with Crippen LogP contribution < -0.4 is 5.56 Å². The molecule has 128 valence electrons. The van der Waals surface area contributed by atoms with Crippen molar-refractivity contribution in [2.75, 3.05) is 13.1 Å². The molecule has 0 unspecified atom stereocenters. The Bertz CT molecular complexity index is 756. The predicted octanol–water partition coefficient (Wildman–Crippen LogP) is 2.80. The van der Waals surface area contributed by atoms with Gasteiger partial charge in [0, 0.05) is 36.1 Å². The molecule has 0 amide bonds. The maximum Gasteiger partial charge on any atom is 0.266 e. The van der Waals surface area contributed by atoms with Crippen molar-refractivity contribution >= 4 is 11.3 Å². The highest BCUT2D eigenvalue weighted by atomic mass is 32.1. The largest absolute Gasteiger partial charge is 0.298 e. The lowest BCUT2D eigenvalue weighted by molar-refractivity contribution is 0.164. The molecule has 0 aromatic carbocycles. The van der Waals surface area contributed by atoms with Gasteiger partial charge in [-0.2, -0.15) is 5.10 Å². The maximum atomic E-state index is 12.1. The minimum absolute atomic E-state index is 0.0435. The van der Waals surface area contributed by atoms with E-state index in [0.29, 0.717) is 11.8 Å². The molecule has 0 spiro atoms. The molecule has 2 aliphatic rings. The first kappa shape index (κ1) is 16.0. The summed E-state index contributed by atoms with van der Waals surface area (Å²) in [5.74, 6) is 1.16. The molecule has 24 heavy (non-hydrogen) atoms. The van der Waals surface area contributed by atoms with Crippen LogP contribution >= 0.6 is 11.3 Å². The minimum Gasteiger partial charge on any atom is -0.298 e. The fraction of sp³-hybridized carbons (Fsp3) is 0.611. The summed E-state index contributed by atoms with van der Waals surface area (Å²) in [7, 11) is 0. The van der Waals surface area contributed by atoms with E-state index in [1.165, 1.54) is 17.7 Å². The van der Waals surface area contributed by atoms with Crippen LogP contribution in [0.5, 0.6) is 0 Å². The van der Waals surface area contributed by atoms with Gasteiger partial charge in [-0.25, -0.2) is 9.67 Å². The fourth-order valence-corrected chi connectivity index (χ4v) is 4.30. The van der Waals surface area contributed by atoms with E-state index >= 15 is 0 Å². The van der Waals surface area contributed by atoms with Gasteiger partial charge in [0.1, 0.15) is 0 Å². The van der Waals surface area contributed by atoms with Crippen LogP contribution in [-0.2, 0) is 13.1 Å². The molecule has 6 heteroatoms. The molecule has 1 aliphatic carbocycles. The van der Waals surface area contributed by atoms with Gasteiger partial charge < -0.3 is 0 Å². The molecule has 0 bridgehead atoms. The number of hydrogen-bond donors (Lipinski definition) is 0. The molecular weight excluding hydrogens is 320 g/mol. The summed E-state index contributed by atoms with van der Waals surface area (Å²) in [6.07, 6.45) is 6.72. The second-order valence-electron chi connectivity index (χ2n) is 7.12. The van der Waals surface area contributed by atoms with Crippen molar-refractivity contribution in [3.63, 3.8) is 0 Å². The lowest BCUT2D eigenvalue weighted by Crippen LogP contribution is -2.36. The molecule has 2 aromatic heterocycles. The number of hydrogen-bond acceptors (Lipinski definition) is 5. The zero-order valence-electron chi connectivity index (χ0n) is 14.1. The third-order valence-corrected chi connectivity index (χ3v) is 5.97. The summed E-state index contributed by atoms with van der Waals surface area (Å²) < 4.78 is 1.71. The number of piperidine rings is 1. The van der Waals surface area contributed by atoms with Gasteiger partial charge in [0.15, 0.2) is 0 Å². The van der Waals surface area contributed by atoms with E-state index in [1.54, 1.807) is 22.1 Å². The summed E-state index contributed by atoms with van der Waals surface area (Å²) in [5, 5.41) is 5.74. The first-order chi connectivity index (χ1) is 11.7. The summed E-state index contributed by atoms with van der Waals surface area (Å²) >= 11 is 1.79. The van der Waals surface area contributed by atoms with E-state index in [9.17, 15) is 4.79 Å². The summed E-state index contributed by atoms with van der Waals surface area (Å²) in [5.41, 5.74) is 1.15. The number of thiazole rings is 1. The number of likely N-dealkylation sites (tertiary alicyclic amines) is 1. The predicted molar refractivity (Wildman–Crippen MR) is 95.3 cm³/mol. The van der Waals surface area contributed by atoms with E-state index in [4.69, 9.17) is 0 Å². The summed E-state index contributed by atoms with van der Waals surface area (Å²) in [4.78, 5) is 20.3. The Morgan fingerprint density at radius 1 is 1.21 bits per heavy atom. The van der Waals surface area contributed by atoms with Crippen molar-refractivity contribution in [3.8, 4) is 0 Å². The number of aromatic nitrogens is 3. The molecule has 0 radical (unpaired) electrons. The Morgan fingerprint density at radius 2 is 2.00 bits per heavy atom. The molecule has 2 fully saturated rings. The lowest BCUT2D eigenvalue weighted by Gasteiger charge is -2.31. The van der Waals surface area contributed by atoms with Crippen LogP contribution in [0.3, 0.4) is 0 Å². The van der Waals surface area contributed by atoms with Gasteiger partial charge in [0.2, 0.25) is 0 Å². The molecule has 0 atom stereocenters. The van der Waals surface area contributed by atoms with Gasteiger partial charge in [0.05, 0.1) is 10.7 Å². The zero-order chi connectivity index (χ0) is 16.5. The minimum atomic E-state index is 0.0435.